The second-order valence-electron chi connectivity index (χ2n) is 12.4. The Labute approximate surface area is 254 Å². The monoisotopic (exact) mass is 642 g/mol. The molecule has 0 aliphatic carbocycles. The van der Waals surface area contributed by atoms with Crippen LogP contribution in [0.5, 0.6) is 11.5 Å². The fourth-order valence-corrected chi connectivity index (χ4v) is 5.34. The number of tetrazole rings is 1. The number of carbonyl (C=O) groups is 1. The van der Waals surface area contributed by atoms with E-state index in [4.69, 9.17) is 14.2 Å². The Kier molecular flexibility index (Phi) is 7.85. The summed E-state index contributed by atoms with van der Waals surface area (Å²) in [6.45, 7) is 8.31. The maximum atomic E-state index is 13.7. The molecule has 2 aliphatic rings. The lowest BCUT2D eigenvalue weighted by Gasteiger charge is -2.32. The smallest absolute Gasteiger partial charge is 0.416 e. The summed E-state index contributed by atoms with van der Waals surface area (Å²) in [6.07, 6.45) is -10.0. The maximum Gasteiger partial charge on any atom is 0.416 e. The summed E-state index contributed by atoms with van der Waals surface area (Å²) in [5.74, 6) is -0.375. The minimum Gasteiger partial charge on any atom is -0.449 e. The van der Waals surface area contributed by atoms with Gasteiger partial charge in [0.1, 0.15) is 5.60 Å². The molecular weight excluding hydrogens is 610 g/mol. The first-order chi connectivity index (χ1) is 20.7. The molecule has 0 unspecified atom stereocenters. The Morgan fingerprint density at radius 1 is 1.00 bits per heavy atom. The van der Waals surface area contributed by atoms with Crippen molar-refractivity contribution in [3.63, 3.8) is 0 Å². The van der Waals surface area contributed by atoms with Gasteiger partial charge in [-0.05, 0) is 68.7 Å². The van der Waals surface area contributed by atoms with Gasteiger partial charge < -0.3 is 19.1 Å². The molecule has 16 heteroatoms. The van der Waals surface area contributed by atoms with Crippen molar-refractivity contribution in [1.82, 2.24) is 20.2 Å². The third-order valence-corrected chi connectivity index (χ3v) is 7.06. The number of anilines is 2. The first kappa shape index (κ1) is 32.2. The zero-order valence-electron chi connectivity index (χ0n) is 25.4. The molecule has 2 aliphatic heterocycles. The number of hydrogen-bond donors (Lipinski definition) is 0. The summed E-state index contributed by atoms with van der Waals surface area (Å²) >= 11 is 0. The number of hydrogen-bond acceptors (Lipinski definition) is 8. The van der Waals surface area contributed by atoms with E-state index in [-0.39, 0.29) is 24.1 Å². The molecule has 0 spiro atoms. The average Bonchev–Trinajstić information content (AvgIpc) is 3.39. The van der Waals surface area contributed by atoms with Gasteiger partial charge in [-0.3, -0.25) is 4.90 Å². The van der Waals surface area contributed by atoms with Crippen molar-refractivity contribution in [2.24, 2.45) is 7.05 Å². The van der Waals surface area contributed by atoms with E-state index in [1.54, 1.807) is 46.8 Å². The molecule has 1 amide bonds. The van der Waals surface area contributed by atoms with Crippen LogP contribution in [0.3, 0.4) is 0 Å². The Bertz CT molecular complexity index is 1560. The molecule has 0 saturated heterocycles. The number of ether oxygens (including phenoxy) is 3. The quantitative estimate of drug-likeness (QED) is 0.280. The third-order valence-electron chi connectivity index (χ3n) is 7.06. The molecule has 2 aromatic carbocycles. The van der Waals surface area contributed by atoms with E-state index in [1.807, 2.05) is 0 Å². The molecule has 0 fully saturated rings. The molecule has 3 heterocycles. The Morgan fingerprint density at radius 3 is 2.13 bits per heavy atom. The number of rotatable bonds is 4. The summed E-state index contributed by atoms with van der Waals surface area (Å²) in [5, 5.41) is 12.1. The average molecular weight is 643 g/mol. The van der Waals surface area contributed by atoms with E-state index in [0.717, 1.165) is 4.80 Å². The Morgan fingerprint density at radius 2 is 1.60 bits per heavy atom. The van der Waals surface area contributed by atoms with Crippen molar-refractivity contribution in [2.75, 3.05) is 16.3 Å². The van der Waals surface area contributed by atoms with E-state index >= 15 is 0 Å². The first-order valence-corrected chi connectivity index (χ1v) is 14.1. The van der Waals surface area contributed by atoms with Crippen LogP contribution in [0.25, 0.3) is 0 Å². The van der Waals surface area contributed by atoms with Gasteiger partial charge in [-0.15, -0.1) is 5.10 Å². The summed E-state index contributed by atoms with van der Waals surface area (Å²) in [4.78, 5) is 17.5. The molecule has 1 atom stereocenters. The van der Waals surface area contributed by atoms with Crippen LogP contribution in [-0.4, -0.2) is 44.2 Å². The van der Waals surface area contributed by atoms with Crippen LogP contribution >= 0.6 is 0 Å². The molecule has 1 aromatic heterocycles. The minimum atomic E-state index is -5.03. The summed E-state index contributed by atoms with van der Waals surface area (Å²) in [6, 6.07) is 3.95. The maximum absolute atomic E-state index is 13.7. The van der Waals surface area contributed by atoms with E-state index in [0.29, 0.717) is 47.7 Å². The number of halogens is 6. The molecule has 244 valence electrons. The van der Waals surface area contributed by atoms with Crippen LogP contribution in [0, 0.1) is 0 Å². The van der Waals surface area contributed by atoms with Gasteiger partial charge in [-0.25, -0.2) is 4.79 Å². The molecule has 0 saturated carbocycles. The highest BCUT2D eigenvalue weighted by Gasteiger charge is 2.40. The fraction of sp³-hybridized carbons (Fsp3) is 0.517. The van der Waals surface area contributed by atoms with E-state index in [1.165, 1.54) is 16.8 Å². The number of fused-ring (bicyclic) bond motifs is 2. The second kappa shape index (κ2) is 11.0. The molecule has 3 aromatic rings. The van der Waals surface area contributed by atoms with Crippen molar-refractivity contribution in [2.45, 2.75) is 83.8 Å². The first-order valence-electron chi connectivity index (χ1n) is 14.1. The predicted molar refractivity (Wildman–Crippen MR) is 149 cm³/mol. The highest BCUT2D eigenvalue weighted by molar-refractivity contribution is 5.90. The summed E-state index contributed by atoms with van der Waals surface area (Å²) in [7, 11) is 1.48. The minimum absolute atomic E-state index is 0.0388. The zero-order chi connectivity index (χ0) is 33.1. The Balaban J connectivity index is 1.66. The topological polar surface area (TPSA) is 94.8 Å². The molecule has 0 N–H and O–H groups in total. The summed E-state index contributed by atoms with van der Waals surface area (Å²) in [5.41, 5.74) is -3.13. The van der Waals surface area contributed by atoms with Gasteiger partial charge in [0, 0.05) is 38.6 Å². The van der Waals surface area contributed by atoms with Gasteiger partial charge in [0.15, 0.2) is 11.5 Å². The van der Waals surface area contributed by atoms with Crippen molar-refractivity contribution >= 4 is 17.7 Å². The van der Waals surface area contributed by atoms with Crippen LogP contribution in [0.15, 0.2) is 30.3 Å². The van der Waals surface area contributed by atoms with Gasteiger partial charge in [0.2, 0.25) is 5.79 Å². The fourth-order valence-electron chi connectivity index (χ4n) is 5.34. The number of carbonyl (C=O) groups excluding carboxylic acids is 1. The van der Waals surface area contributed by atoms with E-state index < -0.39 is 53.5 Å². The van der Waals surface area contributed by atoms with Crippen molar-refractivity contribution in [3.8, 4) is 11.5 Å². The number of nitrogens with zero attached hydrogens (tertiary/aromatic N) is 6. The largest absolute Gasteiger partial charge is 0.449 e. The highest BCUT2D eigenvalue weighted by atomic mass is 19.4. The zero-order valence-corrected chi connectivity index (χ0v) is 25.4. The Hall–Kier alpha value is -4.24. The third kappa shape index (κ3) is 7.04. The van der Waals surface area contributed by atoms with Crippen molar-refractivity contribution in [1.29, 1.82) is 0 Å². The van der Waals surface area contributed by atoms with Crippen molar-refractivity contribution in [3.05, 3.63) is 52.6 Å². The van der Waals surface area contributed by atoms with Crippen LogP contribution in [0.4, 0.5) is 42.8 Å². The SMILES string of the molecule is Cn1nnc(N(Cc2cc(C(F)(F)F)cc(C(F)(F)F)c2)[C@H]2CCCN(C(=O)OC(C)(C)C)c3cc4c(cc32)OC(C)(C)O4)n1. The number of amides is 1. The summed E-state index contributed by atoms with van der Waals surface area (Å²) < 4.78 is 100.0. The lowest BCUT2D eigenvalue weighted by atomic mass is 9.97. The van der Waals surface area contributed by atoms with Crippen LogP contribution in [0.2, 0.25) is 0 Å². The van der Waals surface area contributed by atoms with Gasteiger partial charge in [-0.1, -0.05) is 5.10 Å². The lowest BCUT2D eigenvalue weighted by Crippen LogP contribution is -2.37. The predicted octanol–water partition coefficient (Wildman–Crippen LogP) is 7.04. The van der Waals surface area contributed by atoms with E-state index in [2.05, 4.69) is 15.4 Å². The van der Waals surface area contributed by atoms with Gasteiger partial charge in [-0.2, -0.15) is 31.1 Å². The van der Waals surface area contributed by atoms with Gasteiger partial charge >= 0.3 is 18.4 Å². The number of alkyl halides is 6. The molecular formula is C29H32F6N6O4. The number of aryl methyl sites for hydroxylation is 1. The second-order valence-corrected chi connectivity index (χ2v) is 12.4. The van der Waals surface area contributed by atoms with Gasteiger partial charge in [0.25, 0.3) is 5.95 Å². The van der Waals surface area contributed by atoms with Crippen LogP contribution in [0.1, 0.15) is 75.8 Å². The van der Waals surface area contributed by atoms with Gasteiger partial charge in [0.05, 0.1) is 29.9 Å². The van der Waals surface area contributed by atoms with Crippen LogP contribution < -0.4 is 19.3 Å². The molecule has 45 heavy (non-hydrogen) atoms. The van der Waals surface area contributed by atoms with E-state index in [9.17, 15) is 31.1 Å². The molecule has 10 nitrogen and oxygen atoms in total. The number of aromatic nitrogens is 4. The number of benzene rings is 2. The lowest BCUT2D eigenvalue weighted by molar-refractivity contribution is -0.143. The molecule has 0 bridgehead atoms. The molecule has 5 rings (SSSR count). The molecule has 0 radical (unpaired) electrons. The highest BCUT2D eigenvalue weighted by Crippen LogP contribution is 2.49. The standard InChI is InChI=1S/C29H32F6N6O4/c1-26(2,3)45-25(42)40-9-7-8-20(19-13-22-23(14-21(19)40)44-27(4,5)43-22)41(24-36-38-39(6)37-24)15-16-10-17(28(30,31)32)12-18(11-16)29(33,34)35/h10-14,20H,7-9,15H2,1-6H3/t20-/m0/s1. The normalized spacial score (nSPS) is 18.0. The van der Waals surface area contributed by atoms with Crippen molar-refractivity contribution < 1.29 is 45.3 Å². The van der Waals surface area contributed by atoms with Crippen LogP contribution in [-0.2, 0) is 30.7 Å².